The van der Waals surface area contributed by atoms with Crippen LogP contribution in [0.3, 0.4) is 0 Å². The molecule has 144 valence electrons. The molecule has 2 N–H and O–H groups in total. The number of piperidine rings is 1. The van der Waals surface area contributed by atoms with E-state index >= 15 is 0 Å². The van der Waals surface area contributed by atoms with Gasteiger partial charge >= 0.3 is 0 Å². The summed E-state index contributed by atoms with van der Waals surface area (Å²) in [4.78, 5) is 18.9. The van der Waals surface area contributed by atoms with Crippen LogP contribution in [0.5, 0.6) is 0 Å². The van der Waals surface area contributed by atoms with Crippen LogP contribution in [0, 0.1) is 0 Å². The van der Waals surface area contributed by atoms with Gasteiger partial charge < -0.3 is 10.6 Å². The number of benzene rings is 1. The van der Waals surface area contributed by atoms with Crippen molar-refractivity contribution in [3.8, 4) is 0 Å². The molecule has 27 heavy (non-hydrogen) atoms. The molecule has 1 saturated heterocycles. The lowest BCUT2D eigenvalue weighted by Crippen LogP contribution is -2.48. The van der Waals surface area contributed by atoms with E-state index in [0.717, 1.165) is 32.5 Å². The number of likely N-dealkylation sites (tertiary alicyclic amines) is 1. The van der Waals surface area contributed by atoms with E-state index in [0.29, 0.717) is 10.8 Å². The predicted octanol–water partition coefficient (Wildman–Crippen LogP) is 3.97. The Hall–Kier alpha value is -1.82. The number of pyridine rings is 1. The first-order valence-corrected chi connectivity index (χ1v) is 9.92. The van der Waals surface area contributed by atoms with Gasteiger partial charge in [0, 0.05) is 25.7 Å². The Bertz CT molecular complexity index is 764. The molecule has 0 spiro atoms. The van der Waals surface area contributed by atoms with Crippen LogP contribution in [-0.4, -0.2) is 41.0 Å². The molecule has 1 aromatic heterocycles. The molecule has 5 nitrogen and oxygen atoms in total. The van der Waals surface area contributed by atoms with E-state index in [9.17, 15) is 4.79 Å². The molecule has 3 rings (SSSR count). The number of carbonyl (C=O) groups is 1. The van der Waals surface area contributed by atoms with Crippen molar-refractivity contribution in [1.82, 2.24) is 15.2 Å². The maximum atomic E-state index is 12.5. The van der Waals surface area contributed by atoms with Gasteiger partial charge in [-0.2, -0.15) is 0 Å². The van der Waals surface area contributed by atoms with E-state index in [1.165, 1.54) is 5.56 Å². The average Bonchev–Trinajstić information content (AvgIpc) is 2.66. The van der Waals surface area contributed by atoms with Crippen LogP contribution >= 0.6 is 23.2 Å². The third kappa shape index (κ3) is 5.83. The van der Waals surface area contributed by atoms with Crippen molar-refractivity contribution in [1.29, 1.82) is 0 Å². The Kier molecular flexibility index (Phi) is 6.94. The second kappa shape index (κ2) is 9.40. The first kappa shape index (κ1) is 19.9. The predicted molar refractivity (Wildman–Crippen MR) is 110 cm³/mol. The van der Waals surface area contributed by atoms with Gasteiger partial charge in [0.2, 0.25) is 5.91 Å². The molecular weight excluding hydrogens is 383 g/mol. The second-order valence-electron chi connectivity index (χ2n) is 6.88. The van der Waals surface area contributed by atoms with E-state index in [-0.39, 0.29) is 17.1 Å². The van der Waals surface area contributed by atoms with Gasteiger partial charge in [0.1, 0.15) is 11.2 Å². The quantitative estimate of drug-likeness (QED) is 0.712. The Labute approximate surface area is 170 Å². The lowest BCUT2D eigenvalue weighted by molar-refractivity contribution is -0.122. The van der Waals surface area contributed by atoms with E-state index in [1.807, 2.05) is 13.0 Å². The maximum absolute atomic E-state index is 12.5. The van der Waals surface area contributed by atoms with Gasteiger partial charge in [-0.1, -0.05) is 53.5 Å². The van der Waals surface area contributed by atoms with Crippen molar-refractivity contribution in [2.45, 2.75) is 38.4 Å². The lowest BCUT2D eigenvalue weighted by Gasteiger charge is -2.33. The number of nitrogens with zero attached hydrogens (tertiary/aromatic N) is 2. The molecule has 2 heterocycles. The minimum absolute atomic E-state index is 0.0393. The van der Waals surface area contributed by atoms with E-state index in [4.69, 9.17) is 23.2 Å². The third-order valence-corrected chi connectivity index (χ3v) is 5.26. The van der Waals surface area contributed by atoms with Gasteiger partial charge in [0.05, 0.1) is 5.69 Å². The number of aromatic nitrogens is 1. The molecule has 0 radical (unpaired) electrons. The Morgan fingerprint density at radius 3 is 2.56 bits per heavy atom. The molecule has 7 heteroatoms. The normalized spacial score (nSPS) is 16.7. The zero-order chi connectivity index (χ0) is 19.2. The monoisotopic (exact) mass is 406 g/mol. The maximum Gasteiger partial charge on any atom is 0.242 e. The molecule has 1 atom stereocenters. The minimum Gasteiger partial charge on any atom is -0.371 e. The van der Waals surface area contributed by atoms with Gasteiger partial charge in [0.15, 0.2) is 5.15 Å². The SMILES string of the molecule is C[C@@H](Nc1ccc(Cl)nc1Cl)C(=O)NC1CCN(Cc2ccccc2)CC1. The number of halogens is 2. The summed E-state index contributed by atoms with van der Waals surface area (Å²) in [6, 6.07) is 13.6. The molecular formula is C20H24Cl2N4O. The zero-order valence-electron chi connectivity index (χ0n) is 15.3. The first-order valence-electron chi connectivity index (χ1n) is 9.16. The van der Waals surface area contributed by atoms with Gasteiger partial charge in [0.25, 0.3) is 0 Å². The molecule has 0 saturated carbocycles. The zero-order valence-corrected chi connectivity index (χ0v) is 16.8. The molecule has 1 fully saturated rings. The number of hydrogen-bond acceptors (Lipinski definition) is 4. The highest BCUT2D eigenvalue weighted by Crippen LogP contribution is 2.22. The van der Waals surface area contributed by atoms with Gasteiger partial charge in [-0.05, 0) is 37.5 Å². The number of anilines is 1. The summed E-state index contributed by atoms with van der Waals surface area (Å²) in [6.45, 7) is 4.73. The van der Waals surface area contributed by atoms with Crippen molar-refractivity contribution in [2.75, 3.05) is 18.4 Å². The van der Waals surface area contributed by atoms with Crippen molar-refractivity contribution in [3.05, 3.63) is 58.3 Å². The Morgan fingerprint density at radius 2 is 1.89 bits per heavy atom. The van der Waals surface area contributed by atoms with Crippen molar-refractivity contribution >= 4 is 34.8 Å². The fourth-order valence-electron chi connectivity index (χ4n) is 3.22. The Balaban J connectivity index is 1.44. The summed E-state index contributed by atoms with van der Waals surface area (Å²) in [5.41, 5.74) is 1.92. The molecule has 1 amide bonds. The van der Waals surface area contributed by atoms with Gasteiger partial charge in [-0.15, -0.1) is 0 Å². The topological polar surface area (TPSA) is 57.3 Å². The van der Waals surface area contributed by atoms with Crippen LogP contribution in [0.4, 0.5) is 5.69 Å². The van der Waals surface area contributed by atoms with E-state index in [2.05, 4.69) is 44.8 Å². The molecule has 0 unspecified atom stereocenters. The molecule has 0 bridgehead atoms. The minimum atomic E-state index is -0.409. The first-order chi connectivity index (χ1) is 13.0. The largest absolute Gasteiger partial charge is 0.371 e. The van der Waals surface area contributed by atoms with Crippen LogP contribution in [-0.2, 0) is 11.3 Å². The van der Waals surface area contributed by atoms with Crippen LogP contribution in [0.15, 0.2) is 42.5 Å². The van der Waals surface area contributed by atoms with Gasteiger partial charge in [-0.25, -0.2) is 4.98 Å². The van der Waals surface area contributed by atoms with Crippen LogP contribution in [0.2, 0.25) is 10.3 Å². The van der Waals surface area contributed by atoms with Crippen LogP contribution < -0.4 is 10.6 Å². The third-order valence-electron chi connectivity index (χ3n) is 4.76. The molecule has 2 aromatic rings. The number of carbonyl (C=O) groups excluding carboxylic acids is 1. The number of rotatable bonds is 6. The van der Waals surface area contributed by atoms with E-state index < -0.39 is 6.04 Å². The summed E-state index contributed by atoms with van der Waals surface area (Å²) in [5, 5.41) is 6.81. The highest BCUT2D eigenvalue weighted by atomic mass is 35.5. The fraction of sp³-hybridized carbons (Fsp3) is 0.400. The van der Waals surface area contributed by atoms with Crippen molar-refractivity contribution < 1.29 is 4.79 Å². The van der Waals surface area contributed by atoms with Crippen LogP contribution in [0.25, 0.3) is 0 Å². The van der Waals surface area contributed by atoms with Crippen molar-refractivity contribution in [2.24, 2.45) is 0 Å². The summed E-state index contributed by atoms with van der Waals surface area (Å²) in [5.74, 6) is -0.0393. The highest BCUT2D eigenvalue weighted by Gasteiger charge is 2.23. The van der Waals surface area contributed by atoms with Crippen molar-refractivity contribution in [3.63, 3.8) is 0 Å². The molecule has 1 aliphatic rings. The van der Waals surface area contributed by atoms with Crippen LogP contribution in [0.1, 0.15) is 25.3 Å². The summed E-state index contributed by atoms with van der Waals surface area (Å²) >= 11 is 11.9. The Morgan fingerprint density at radius 1 is 1.19 bits per heavy atom. The number of nitrogens with one attached hydrogen (secondary N) is 2. The van der Waals surface area contributed by atoms with E-state index in [1.54, 1.807) is 12.1 Å². The molecule has 0 aliphatic carbocycles. The van der Waals surface area contributed by atoms with Gasteiger partial charge in [-0.3, -0.25) is 9.69 Å². The standard InChI is InChI=1S/C20H24Cl2N4O/c1-14(23-17-7-8-18(21)25-19(17)22)20(27)24-16-9-11-26(12-10-16)13-15-5-3-2-4-6-15/h2-8,14,16,23H,9-13H2,1H3,(H,24,27)/t14-/m1/s1. The molecule has 1 aliphatic heterocycles. The fourth-order valence-corrected chi connectivity index (χ4v) is 3.62. The number of amides is 1. The second-order valence-corrected chi connectivity index (χ2v) is 7.63. The summed E-state index contributed by atoms with van der Waals surface area (Å²) in [7, 11) is 0. The highest BCUT2D eigenvalue weighted by molar-refractivity contribution is 6.34. The average molecular weight is 407 g/mol. The molecule has 1 aromatic carbocycles. The number of hydrogen-bond donors (Lipinski definition) is 2. The lowest BCUT2D eigenvalue weighted by atomic mass is 10.0. The summed E-state index contributed by atoms with van der Waals surface area (Å²) < 4.78 is 0. The smallest absolute Gasteiger partial charge is 0.242 e. The summed E-state index contributed by atoms with van der Waals surface area (Å²) in [6.07, 6.45) is 1.91.